The van der Waals surface area contributed by atoms with Crippen LogP contribution in [-0.4, -0.2) is 35.5 Å². The lowest BCUT2D eigenvalue weighted by molar-refractivity contribution is -0.125. The molecule has 3 aromatic rings. The molecule has 0 spiro atoms. The minimum absolute atomic E-state index is 0.0608. The van der Waals surface area contributed by atoms with Crippen molar-refractivity contribution < 1.29 is 4.79 Å². The highest BCUT2D eigenvalue weighted by Gasteiger charge is 2.26. The van der Waals surface area contributed by atoms with Gasteiger partial charge in [0.2, 0.25) is 11.9 Å². The predicted octanol–water partition coefficient (Wildman–Crippen LogP) is 4.69. The maximum Gasteiger partial charge on any atom is 0.226 e. The molecule has 4 rings (SSSR count). The molecule has 1 saturated heterocycles. The Labute approximate surface area is 184 Å². The van der Waals surface area contributed by atoms with Gasteiger partial charge in [0, 0.05) is 30.9 Å². The van der Waals surface area contributed by atoms with Gasteiger partial charge in [0.25, 0.3) is 0 Å². The zero-order valence-corrected chi connectivity index (χ0v) is 19.0. The summed E-state index contributed by atoms with van der Waals surface area (Å²) in [4.78, 5) is 24.5. The van der Waals surface area contributed by atoms with Crippen LogP contribution in [0.2, 0.25) is 0 Å². The predicted molar refractivity (Wildman–Crippen MR) is 127 cm³/mol. The fraction of sp³-hybridized carbons (Fsp3) is 0.423. The van der Waals surface area contributed by atoms with Crippen molar-refractivity contribution in [3.05, 3.63) is 64.8 Å². The van der Waals surface area contributed by atoms with E-state index in [-0.39, 0.29) is 11.8 Å². The molecule has 1 atom stereocenters. The molecule has 5 nitrogen and oxygen atoms in total. The number of carbonyl (C=O) groups excluding carboxylic acids is 1. The number of rotatable bonds is 5. The molecule has 2 aromatic carbocycles. The number of amides is 1. The number of carbonyl (C=O) groups is 1. The van der Waals surface area contributed by atoms with Gasteiger partial charge in [-0.25, -0.2) is 9.97 Å². The first-order valence-corrected chi connectivity index (χ1v) is 11.3. The second-order valence-corrected chi connectivity index (χ2v) is 8.88. The Morgan fingerprint density at radius 2 is 1.74 bits per heavy atom. The summed E-state index contributed by atoms with van der Waals surface area (Å²) in [6, 6.07) is 14.7. The molecule has 1 fully saturated rings. The Hall–Kier alpha value is -2.95. The molecular formula is C26H32N4O. The SMILES string of the molecule is Cc1cc2nc(N3CCC(C(=O)NC[C@@H](C)c4ccccc4)CC3)nc(C)c2cc1C. The van der Waals surface area contributed by atoms with Crippen molar-refractivity contribution in [3.63, 3.8) is 0 Å². The molecule has 1 aromatic heterocycles. The Morgan fingerprint density at radius 1 is 1.06 bits per heavy atom. The van der Waals surface area contributed by atoms with Crippen molar-refractivity contribution in [2.75, 3.05) is 24.5 Å². The lowest BCUT2D eigenvalue weighted by Gasteiger charge is -2.31. The fourth-order valence-electron chi connectivity index (χ4n) is 4.31. The first-order valence-electron chi connectivity index (χ1n) is 11.3. The second-order valence-electron chi connectivity index (χ2n) is 8.88. The van der Waals surface area contributed by atoms with Crippen molar-refractivity contribution in [1.29, 1.82) is 0 Å². The van der Waals surface area contributed by atoms with Crippen molar-refractivity contribution in [3.8, 4) is 0 Å². The summed E-state index contributed by atoms with van der Waals surface area (Å²) in [5, 5.41) is 4.28. The normalized spacial score (nSPS) is 15.8. The van der Waals surface area contributed by atoms with E-state index in [1.807, 2.05) is 18.2 Å². The van der Waals surface area contributed by atoms with Gasteiger partial charge in [-0.1, -0.05) is 37.3 Å². The first kappa shape index (κ1) is 21.3. The van der Waals surface area contributed by atoms with Gasteiger partial charge in [-0.2, -0.15) is 0 Å². The van der Waals surface area contributed by atoms with E-state index >= 15 is 0 Å². The van der Waals surface area contributed by atoms with Crippen molar-refractivity contribution in [2.45, 2.75) is 46.5 Å². The summed E-state index contributed by atoms with van der Waals surface area (Å²) in [6.07, 6.45) is 1.66. The number of fused-ring (bicyclic) bond motifs is 1. The largest absolute Gasteiger partial charge is 0.355 e. The molecule has 1 aliphatic rings. The van der Waals surface area contributed by atoms with Gasteiger partial charge in [-0.05, 0) is 68.4 Å². The topological polar surface area (TPSA) is 58.1 Å². The van der Waals surface area contributed by atoms with Crippen LogP contribution < -0.4 is 10.2 Å². The molecular weight excluding hydrogens is 384 g/mol. The number of aryl methyl sites for hydroxylation is 3. The molecule has 5 heteroatoms. The van der Waals surface area contributed by atoms with E-state index < -0.39 is 0 Å². The van der Waals surface area contributed by atoms with E-state index in [9.17, 15) is 4.79 Å². The van der Waals surface area contributed by atoms with E-state index in [1.165, 1.54) is 16.7 Å². The summed E-state index contributed by atoms with van der Waals surface area (Å²) in [7, 11) is 0. The molecule has 1 aliphatic heterocycles. The molecule has 31 heavy (non-hydrogen) atoms. The minimum atomic E-state index is 0.0608. The number of hydrogen-bond donors (Lipinski definition) is 1. The number of aromatic nitrogens is 2. The van der Waals surface area contributed by atoms with Gasteiger partial charge in [0.05, 0.1) is 11.2 Å². The molecule has 0 bridgehead atoms. The molecule has 2 heterocycles. The van der Waals surface area contributed by atoms with Crippen LogP contribution in [0.3, 0.4) is 0 Å². The van der Waals surface area contributed by atoms with Crippen molar-refractivity contribution in [2.24, 2.45) is 5.92 Å². The molecule has 0 aliphatic carbocycles. The summed E-state index contributed by atoms with van der Waals surface area (Å²) >= 11 is 0. The molecule has 0 unspecified atom stereocenters. The number of benzene rings is 2. The summed E-state index contributed by atoms with van der Waals surface area (Å²) < 4.78 is 0. The van der Waals surface area contributed by atoms with Crippen LogP contribution in [0.25, 0.3) is 10.9 Å². The average molecular weight is 417 g/mol. The monoisotopic (exact) mass is 416 g/mol. The van der Waals surface area contributed by atoms with Crippen LogP contribution in [-0.2, 0) is 4.79 Å². The van der Waals surface area contributed by atoms with Crippen molar-refractivity contribution in [1.82, 2.24) is 15.3 Å². The standard InChI is InChI=1S/C26H32N4O/c1-17-14-23-20(4)28-26(29-24(23)15-18(17)2)30-12-10-22(11-13-30)25(31)27-16-19(3)21-8-6-5-7-9-21/h5-9,14-15,19,22H,10-13,16H2,1-4H3,(H,27,31)/t19-/m1/s1. The van der Waals surface area contributed by atoms with Crippen LogP contribution in [0.1, 0.15) is 48.1 Å². The number of nitrogens with one attached hydrogen (secondary N) is 1. The highest BCUT2D eigenvalue weighted by atomic mass is 16.1. The maximum absolute atomic E-state index is 12.7. The van der Waals surface area contributed by atoms with Gasteiger partial charge in [-0.15, -0.1) is 0 Å². The third kappa shape index (κ3) is 4.71. The highest BCUT2D eigenvalue weighted by molar-refractivity contribution is 5.83. The Balaban J connectivity index is 1.36. The first-order chi connectivity index (χ1) is 14.9. The molecule has 1 N–H and O–H groups in total. The molecule has 162 valence electrons. The smallest absolute Gasteiger partial charge is 0.226 e. The average Bonchev–Trinajstić information content (AvgIpc) is 2.79. The van der Waals surface area contributed by atoms with Crippen molar-refractivity contribution >= 4 is 22.8 Å². The molecule has 1 amide bonds. The second kappa shape index (κ2) is 9.04. The molecule has 0 saturated carbocycles. The lowest BCUT2D eigenvalue weighted by Crippen LogP contribution is -2.42. The van der Waals surface area contributed by atoms with Gasteiger partial charge >= 0.3 is 0 Å². The number of hydrogen-bond acceptors (Lipinski definition) is 4. The Bertz CT molecular complexity index is 1070. The number of anilines is 1. The van der Waals surface area contributed by atoms with Gasteiger partial charge in [0.15, 0.2) is 0 Å². The zero-order valence-electron chi connectivity index (χ0n) is 19.0. The summed E-state index contributed by atoms with van der Waals surface area (Å²) in [5.74, 6) is 1.32. The molecule has 0 radical (unpaired) electrons. The van der Waals surface area contributed by atoms with Crippen LogP contribution >= 0.6 is 0 Å². The van der Waals surface area contributed by atoms with Crippen LogP contribution in [0.5, 0.6) is 0 Å². The maximum atomic E-state index is 12.7. The summed E-state index contributed by atoms with van der Waals surface area (Å²) in [6.45, 7) is 10.7. The number of piperidine rings is 1. The van der Waals surface area contributed by atoms with Gasteiger partial charge < -0.3 is 10.2 Å². The third-order valence-corrected chi connectivity index (χ3v) is 6.59. The Morgan fingerprint density at radius 3 is 2.45 bits per heavy atom. The van der Waals surface area contributed by atoms with Gasteiger partial charge in [-0.3, -0.25) is 4.79 Å². The fourth-order valence-corrected chi connectivity index (χ4v) is 4.31. The van der Waals surface area contributed by atoms with E-state index in [0.717, 1.165) is 48.5 Å². The lowest BCUT2D eigenvalue weighted by atomic mass is 9.95. The van der Waals surface area contributed by atoms with Gasteiger partial charge in [0.1, 0.15) is 0 Å². The third-order valence-electron chi connectivity index (χ3n) is 6.59. The van der Waals surface area contributed by atoms with E-state index in [2.05, 4.69) is 62.2 Å². The quantitative estimate of drug-likeness (QED) is 0.655. The number of nitrogens with zero attached hydrogens (tertiary/aromatic N) is 3. The Kier molecular flexibility index (Phi) is 6.21. The minimum Gasteiger partial charge on any atom is -0.355 e. The van der Waals surface area contributed by atoms with Crippen LogP contribution in [0.15, 0.2) is 42.5 Å². The van der Waals surface area contributed by atoms with Crippen LogP contribution in [0, 0.1) is 26.7 Å². The van der Waals surface area contributed by atoms with E-state index in [0.29, 0.717) is 12.5 Å². The summed E-state index contributed by atoms with van der Waals surface area (Å²) in [5.41, 5.74) is 5.78. The highest BCUT2D eigenvalue weighted by Crippen LogP contribution is 2.26. The van der Waals surface area contributed by atoms with E-state index in [1.54, 1.807) is 0 Å². The zero-order chi connectivity index (χ0) is 22.0. The van der Waals surface area contributed by atoms with E-state index in [4.69, 9.17) is 9.97 Å². The van der Waals surface area contributed by atoms with Crippen LogP contribution in [0.4, 0.5) is 5.95 Å².